The molecule has 0 fully saturated rings. The molecule has 20 heavy (non-hydrogen) atoms. The van der Waals surface area contributed by atoms with Gasteiger partial charge in [-0.2, -0.15) is 0 Å². The van der Waals surface area contributed by atoms with Crippen molar-refractivity contribution in [3.8, 4) is 11.5 Å². The molecule has 1 atom stereocenters. The molecule has 1 unspecified atom stereocenters. The maximum absolute atomic E-state index is 5.49. The van der Waals surface area contributed by atoms with Gasteiger partial charge in [-0.05, 0) is 25.1 Å². The smallest absolute Gasteiger partial charge is 0.129 e. The standard InChI is InChI=1S/C16H21NO2S/c1-4-9-17-16(15-10-12(18-2)11-20-15)13-7-5-6-8-14(13)19-3/h5-8,10-11,16-17H,4,9H2,1-3H3. The number of benzene rings is 1. The third-order valence-corrected chi connectivity index (χ3v) is 4.14. The van der Waals surface area contributed by atoms with E-state index in [1.807, 2.05) is 23.6 Å². The summed E-state index contributed by atoms with van der Waals surface area (Å²) in [5.41, 5.74) is 1.16. The van der Waals surface area contributed by atoms with Crippen LogP contribution >= 0.6 is 11.3 Å². The van der Waals surface area contributed by atoms with Gasteiger partial charge in [0, 0.05) is 15.8 Å². The highest BCUT2D eigenvalue weighted by Gasteiger charge is 2.19. The number of thiophene rings is 1. The molecule has 0 saturated carbocycles. The summed E-state index contributed by atoms with van der Waals surface area (Å²) < 4.78 is 10.8. The average molecular weight is 291 g/mol. The topological polar surface area (TPSA) is 30.5 Å². The molecule has 108 valence electrons. The van der Waals surface area contributed by atoms with Crippen LogP contribution in [0.15, 0.2) is 35.7 Å². The quantitative estimate of drug-likeness (QED) is 0.840. The Kier molecular flexibility index (Phi) is 5.44. The summed E-state index contributed by atoms with van der Waals surface area (Å²) in [7, 11) is 3.41. The summed E-state index contributed by atoms with van der Waals surface area (Å²) >= 11 is 1.70. The molecule has 1 aromatic carbocycles. The van der Waals surface area contributed by atoms with E-state index in [-0.39, 0.29) is 6.04 Å². The fraction of sp³-hybridized carbons (Fsp3) is 0.375. The highest BCUT2D eigenvalue weighted by molar-refractivity contribution is 7.10. The van der Waals surface area contributed by atoms with Gasteiger partial charge in [0.25, 0.3) is 0 Å². The van der Waals surface area contributed by atoms with Gasteiger partial charge in [0.2, 0.25) is 0 Å². The number of ether oxygens (including phenoxy) is 2. The van der Waals surface area contributed by atoms with Crippen molar-refractivity contribution in [1.29, 1.82) is 0 Å². The van der Waals surface area contributed by atoms with Crippen LogP contribution in [-0.2, 0) is 0 Å². The SMILES string of the molecule is CCCNC(c1cc(OC)cs1)c1ccccc1OC. The molecule has 0 bridgehead atoms. The summed E-state index contributed by atoms with van der Waals surface area (Å²) in [6.45, 7) is 3.13. The lowest BCUT2D eigenvalue weighted by atomic mass is 10.0. The lowest BCUT2D eigenvalue weighted by molar-refractivity contribution is 0.403. The fourth-order valence-corrected chi connectivity index (χ4v) is 3.10. The predicted molar refractivity (Wildman–Crippen MR) is 84.0 cm³/mol. The summed E-state index contributed by atoms with van der Waals surface area (Å²) in [5, 5.41) is 5.62. The number of methoxy groups -OCH3 is 2. The van der Waals surface area contributed by atoms with E-state index < -0.39 is 0 Å². The Morgan fingerprint density at radius 2 is 2.00 bits per heavy atom. The highest BCUT2D eigenvalue weighted by Crippen LogP contribution is 2.35. The lowest BCUT2D eigenvalue weighted by Crippen LogP contribution is -2.22. The van der Waals surface area contributed by atoms with Gasteiger partial charge < -0.3 is 14.8 Å². The molecule has 2 aromatic rings. The Morgan fingerprint density at radius 3 is 2.65 bits per heavy atom. The second kappa shape index (κ2) is 7.31. The Morgan fingerprint density at radius 1 is 1.20 bits per heavy atom. The van der Waals surface area contributed by atoms with Gasteiger partial charge in [0.05, 0.1) is 20.3 Å². The van der Waals surface area contributed by atoms with Crippen LogP contribution in [0.25, 0.3) is 0 Å². The average Bonchev–Trinajstić information content (AvgIpc) is 2.97. The van der Waals surface area contributed by atoms with Crippen molar-refractivity contribution in [1.82, 2.24) is 5.32 Å². The zero-order valence-electron chi connectivity index (χ0n) is 12.2. The summed E-state index contributed by atoms with van der Waals surface area (Å²) in [6, 6.07) is 10.4. The van der Waals surface area contributed by atoms with Gasteiger partial charge in [-0.25, -0.2) is 0 Å². The van der Waals surface area contributed by atoms with Crippen LogP contribution in [-0.4, -0.2) is 20.8 Å². The fourth-order valence-electron chi connectivity index (χ4n) is 2.15. The molecule has 2 rings (SSSR count). The first-order chi connectivity index (χ1) is 9.80. The van der Waals surface area contributed by atoms with Crippen molar-refractivity contribution in [3.05, 3.63) is 46.2 Å². The second-order valence-electron chi connectivity index (χ2n) is 4.52. The molecule has 0 aliphatic carbocycles. The van der Waals surface area contributed by atoms with E-state index in [1.54, 1.807) is 25.6 Å². The third-order valence-electron chi connectivity index (χ3n) is 3.16. The van der Waals surface area contributed by atoms with Crippen LogP contribution in [0.5, 0.6) is 11.5 Å². The van der Waals surface area contributed by atoms with Gasteiger partial charge >= 0.3 is 0 Å². The van der Waals surface area contributed by atoms with Gasteiger partial charge in [0.1, 0.15) is 11.5 Å². The van der Waals surface area contributed by atoms with Gasteiger partial charge in [-0.15, -0.1) is 11.3 Å². The molecule has 0 saturated heterocycles. The van der Waals surface area contributed by atoms with E-state index in [0.29, 0.717) is 0 Å². The highest BCUT2D eigenvalue weighted by atomic mass is 32.1. The monoisotopic (exact) mass is 291 g/mol. The van der Waals surface area contributed by atoms with E-state index in [1.165, 1.54) is 4.88 Å². The van der Waals surface area contributed by atoms with Crippen LogP contribution in [0.1, 0.15) is 29.8 Å². The number of para-hydroxylation sites is 1. The second-order valence-corrected chi connectivity index (χ2v) is 5.46. The predicted octanol–water partition coefficient (Wildman–Crippen LogP) is 3.85. The molecule has 4 heteroatoms. The Hall–Kier alpha value is -1.52. The number of hydrogen-bond donors (Lipinski definition) is 1. The lowest BCUT2D eigenvalue weighted by Gasteiger charge is -2.20. The van der Waals surface area contributed by atoms with Crippen molar-refractivity contribution >= 4 is 11.3 Å². The maximum atomic E-state index is 5.49. The molecular formula is C16H21NO2S. The van der Waals surface area contributed by atoms with Crippen molar-refractivity contribution in [2.75, 3.05) is 20.8 Å². The van der Waals surface area contributed by atoms with Crippen LogP contribution in [0.2, 0.25) is 0 Å². The first kappa shape index (κ1) is 14.9. The molecule has 0 aliphatic rings. The van der Waals surface area contributed by atoms with Gasteiger partial charge in [-0.3, -0.25) is 0 Å². The maximum Gasteiger partial charge on any atom is 0.129 e. The number of hydrogen-bond acceptors (Lipinski definition) is 4. The van der Waals surface area contributed by atoms with Crippen LogP contribution in [0.4, 0.5) is 0 Å². The molecule has 1 N–H and O–H groups in total. The van der Waals surface area contributed by atoms with Crippen LogP contribution in [0, 0.1) is 0 Å². The van der Waals surface area contributed by atoms with E-state index in [9.17, 15) is 0 Å². The molecular weight excluding hydrogens is 270 g/mol. The molecule has 1 heterocycles. The molecule has 0 spiro atoms. The minimum atomic E-state index is 0.139. The number of nitrogens with one attached hydrogen (secondary N) is 1. The first-order valence-electron chi connectivity index (χ1n) is 6.78. The summed E-state index contributed by atoms with van der Waals surface area (Å²) in [5.74, 6) is 1.82. The minimum absolute atomic E-state index is 0.139. The van der Waals surface area contributed by atoms with Crippen molar-refractivity contribution < 1.29 is 9.47 Å². The third kappa shape index (κ3) is 3.32. The molecule has 0 aliphatic heterocycles. The molecule has 3 nitrogen and oxygen atoms in total. The zero-order valence-corrected chi connectivity index (χ0v) is 13.0. The largest absolute Gasteiger partial charge is 0.496 e. The van der Waals surface area contributed by atoms with Crippen molar-refractivity contribution in [2.24, 2.45) is 0 Å². The van der Waals surface area contributed by atoms with Crippen molar-refractivity contribution in [3.63, 3.8) is 0 Å². The Balaban J connectivity index is 2.35. The van der Waals surface area contributed by atoms with E-state index in [0.717, 1.165) is 30.0 Å². The first-order valence-corrected chi connectivity index (χ1v) is 7.66. The van der Waals surface area contributed by atoms with Crippen molar-refractivity contribution in [2.45, 2.75) is 19.4 Å². The van der Waals surface area contributed by atoms with Gasteiger partial charge in [0.15, 0.2) is 0 Å². The Bertz CT molecular complexity index is 539. The normalized spacial score (nSPS) is 12.2. The van der Waals surface area contributed by atoms with Crippen LogP contribution in [0.3, 0.4) is 0 Å². The van der Waals surface area contributed by atoms with E-state index in [2.05, 4.69) is 24.4 Å². The molecule has 1 aromatic heterocycles. The molecule has 0 amide bonds. The van der Waals surface area contributed by atoms with E-state index >= 15 is 0 Å². The Labute approximate surface area is 124 Å². The number of rotatable bonds is 7. The summed E-state index contributed by atoms with van der Waals surface area (Å²) in [6.07, 6.45) is 1.09. The van der Waals surface area contributed by atoms with E-state index in [4.69, 9.17) is 9.47 Å². The van der Waals surface area contributed by atoms with Gasteiger partial charge in [-0.1, -0.05) is 25.1 Å². The van der Waals surface area contributed by atoms with Crippen LogP contribution < -0.4 is 14.8 Å². The minimum Gasteiger partial charge on any atom is -0.496 e. The molecule has 0 radical (unpaired) electrons. The summed E-state index contributed by atoms with van der Waals surface area (Å²) in [4.78, 5) is 1.24. The zero-order chi connectivity index (χ0) is 14.4.